The van der Waals surface area contributed by atoms with Crippen LogP contribution in [-0.2, 0) is 0 Å². The van der Waals surface area contributed by atoms with Crippen LogP contribution in [0, 0.1) is 11.3 Å². The van der Waals surface area contributed by atoms with Crippen molar-refractivity contribution >= 4 is 0 Å². The molecule has 0 amide bonds. The molecule has 0 aromatic heterocycles. The Morgan fingerprint density at radius 1 is 1.31 bits per heavy atom. The smallest absolute Gasteiger partial charge is 0.00921 e. The first-order valence-electron chi connectivity index (χ1n) is 6.75. The van der Waals surface area contributed by atoms with E-state index in [1.165, 1.54) is 12.8 Å². The van der Waals surface area contributed by atoms with Gasteiger partial charge in [0.25, 0.3) is 0 Å². The molecule has 0 radical (unpaired) electrons. The third-order valence-corrected chi connectivity index (χ3v) is 3.73. The van der Waals surface area contributed by atoms with Gasteiger partial charge in [-0.3, -0.25) is 0 Å². The molecule has 2 N–H and O–H groups in total. The molecular weight excluding hydrogens is 196 g/mol. The van der Waals surface area contributed by atoms with Crippen LogP contribution in [0.15, 0.2) is 0 Å². The van der Waals surface area contributed by atoms with E-state index in [2.05, 4.69) is 39.6 Å². The highest BCUT2D eigenvalue weighted by molar-refractivity contribution is 4.84. The van der Waals surface area contributed by atoms with E-state index in [0.717, 1.165) is 31.3 Å². The molecule has 0 aromatic rings. The van der Waals surface area contributed by atoms with Gasteiger partial charge in [0.2, 0.25) is 0 Å². The minimum absolute atomic E-state index is 0.355. The molecule has 1 fully saturated rings. The van der Waals surface area contributed by atoms with Crippen molar-refractivity contribution in [2.75, 3.05) is 13.6 Å². The fraction of sp³-hybridized carbons (Fsp3) is 1.00. The van der Waals surface area contributed by atoms with Crippen molar-refractivity contribution in [3.05, 3.63) is 0 Å². The third kappa shape index (κ3) is 5.31. The molecule has 0 aliphatic heterocycles. The van der Waals surface area contributed by atoms with Crippen LogP contribution in [0.4, 0.5) is 0 Å². The fourth-order valence-electron chi connectivity index (χ4n) is 2.40. The second-order valence-corrected chi connectivity index (χ2v) is 6.87. The van der Waals surface area contributed by atoms with E-state index in [1.807, 2.05) is 0 Å². The van der Waals surface area contributed by atoms with Crippen LogP contribution in [0.25, 0.3) is 0 Å². The van der Waals surface area contributed by atoms with Gasteiger partial charge in [0.1, 0.15) is 0 Å². The van der Waals surface area contributed by atoms with Crippen molar-refractivity contribution in [2.24, 2.45) is 17.1 Å². The molecule has 1 rings (SSSR count). The van der Waals surface area contributed by atoms with E-state index in [1.54, 1.807) is 0 Å². The standard InChI is InChI=1S/C14H30N2/c1-11(12-6-7-12)16(5)9-8-13(15)10-14(2,3)4/h11-13H,6-10,15H2,1-5H3. The molecule has 0 spiro atoms. The van der Waals surface area contributed by atoms with Crippen molar-refractivity contribution in [2.45, 2.75) is 65.5 Å². The van der Waals surface area contributed by atoms with E-state index in [0.29, 0.717) is 11.5 Å². The monoisotopic (exact) mass is 226 g/mol. The van der Waals surface area contributed by atoms with Gasteiger partial charge >= 0.3 is 0 Å². The summed E-state index contributed by atoms with van der Waals surface area (Å²) in [7, 11) is 2.24. The molecule has 2 nitrogen and oxygen atoms in total. The van der Waals surface area contributed by atoms with E-state index in [9.17, 15) is 0 Å². The van der Waals surface area contributed by atoms with Gasteiger partial charge in [-0.1, -0.05) is 20.8 Å². The average molecular weight is 226 g/mol. The van der Waals surface area contributed by atoms with Gasteiger partial charge in [-0.15, -0.1) is 0 Å². The maximum Gasteiger partial charge on any atom is 0.00921 e. The van der Waals surface area contributed by atoms with Crippen LogP contribution < -0.4 is 5.73 Å². The van der Waals surface area contributed by atoms with E-state index >= 15 is 0 Å². The summed E-state index contributed by atoms with van der Waals surface area (Å²) in [6.45, 7) is 10.3. The molecular formula is C14H30N2. The Kier molecular flexibility index (Phi) is 4.81. The summed E-state index contributed by atoms with van der Waals surface area (Å²) in [6.07, 6.45) is 5.11. The summed E-state index contributed by atoms with van der Waals surface area (Å²) >= 11 is 0. The molecule has 2 unspecified atom stereocenters. The Morgan fingerprint density at radius 3 is 2.31 bits per heavy atom. The lowest BCUT2D eigenvalue weighted by atomic mass is 9.87. The van der Waals surface area contributed by atoms with Crippen LogP contribution >= 0.6 is 0 Å². The Balaban J connectivity index is 2.17. The minimum Gasteiger partial charge on any atom is -0.328 e. The number of rotatable bonds is 6. The lowest BCUT2D eigenvalue weighted by Gasteiger charge is -2.28. The molecule has 1 aliphatic rings. The summed E-state index contributed by atoms with van der Waals surface area (Å²) < 4.78 is 0. The highest BCUT2D eigenvalue weighted by Crippen LogP contribution is 2.34. The third-order valence-electron chi connectivity index (χ3n) is 3.73. The first-order chi connectivity index (χ1) is 7.29. The van der Waals surface area contributed by atoms with Gasteiger partial charge < -0.3 is 10.6 Å². The molecule has 96 valence electrons. The topological polar surface area (TPSA) is 29.3 Å². The predicted molar refractivity (Wildman–Crippen MR) is 71.5 cm³/mol. The quantitative estimate of drug-likeness (QED) is 0.754. The Morgan fingerprint density at radius 2 is 1.88 bits per heavy atom. The average Bonchev–Trinajstić information content (AvgIpc) is 2.93. The lowest BCUT2D eigenvalue weighted by molar-refractivity contribution is 0.217. The number of hydrogen-bond acceptors (Lipinski definition) is 2. The molecule has 0 bridgehead atoms. The molecule has 0 heterocycles. The summed E-state index contributed by atoms with van der Waals surface area (Å²) in [4.78, 5) is 2.49. The van der Waals surface area contributed by atoms with E-state index < -0.39 is 0 Å². The molecule has 16 heavy (non-hydrogen) atoms. The minimum atomic E-state index is 0.355. The fourth-order valence-corrected chi connectivity index (χ4v) is 2.40. The highest BCUT2D eigenvalue weighted by atomic mass is 15.1. The maximum absolute atomic E-state index is 6.17. The zero-order valence-electron chi connectivity index (χ0n) is 11.8. The van der Waals surface area contributed by atoms with Crippen molar-refractivity contribution in [1.29, 1.82) is 0 Å². The molecule has 2 heteroatoms. The number of nitrogens with two attached hydrogens (primary N) is 1. The summed E-state index contributed by atoms with van der Waals surface area (Å²) in [6, 6.07) is 1.11. The van der Waals surface area contributed by atoms with Crippen LogP contribution in [0.3, 0.4) is 0 Å². The molecule has 0 saturated heterocycles. The van der Waals surface area contributed by atoms with Crippen molar-refractivity contribution in [3.8, 4) is 0 Å². The van der Waals surface area contributed by atoms with Crippen molar-refractivity contribution < 1.29 is 0 Å². The Hall–Kier alpha value is -0.0800. The normalized spacial score (nSPS) is 21.2. The molecule has 1 saturated carbocycles. The van der Waals surface area contributed by atoms with Crippen molar-refractivity contribution in [1.82, 2.24) is 4.90 Å². The molecule has 1 aliphatic carbocycles. The van der Waals surface area contributed by atoms with Crippen molar-refractivity contribution in [3.63, 3.8) is 0 Å². The van der Waals surface area contributed by atoms with Gasteiger partial charge in [0.05, 0.1) is 0 Å². The van der Waals surface area contributed by atoms with Gasteiger partial charge in [-0.2, -0.15) is 0 Å². The predicted octanol–water partition coefficient (Wildman–Crippen LogP) is 2.87. The van der Waals surface area contributed by atoms with Crippen LogP contribution in [0.1, 0.15) is 53.4 Å². The maximum atomic E-state index is 6.17. The lowest BCUT2D eigenvalue weighted by Crippen LogP contribution is -2.36. The van der Waals surface area contributed by atoms with Gasteiger partial charge in [-0.25, -0.2) is 0 Å². The second kappa shape index (κ2) is 5.50. The zero-order valence-corrected chi connectivity index (χ0v) is 11.8. The Bertz CT molecular complexity index is 203. The van der Waals surface area contributed by atoms with Crippen LogP contribution in [0.2, 0.25) is 0 Å². The van der Waals surface area contributed by atoms with Crippen LogP contribution in [0.5, 0.6) is 0 Å². The Labute approximate surface area is 102 Å². The van der Waals surface area contributed by atoms with Gasteiger partial charge in [-0.05, 0) is 57.5 Å². The first kappa shape index (κ1) is 14.0. The summed E-state index contributed by atoms with van der Waals surface area (Å²) in [5.74, 6) is 0.962. The molecule has 2 atom stereocenters. The van der Waals surface area contributed by atoms with Crippen LogP contribution in [-0.4, -0.2) is 30.6 Å². The summed E-state index contributed by atoms with van der Waals surface area (Å²) in [5, 5.41) is 0. The SMILES string of the molecule is CC(C1CC1)N(C)CCC(N)CC(C)(C)C. The number of nitrogens with zero attached hydrogens (tertiary/aromatic N) is 1. The van der Waals surface area contributed by atoms with Gasteiger partial charge in [0.15, 0.2) is 0 Å². The first-order valence-corrected chi connectivity index (χ1v) is 6.75. The number of hydrogen-bond donors (Lipinski definition) is 1. The molecule has 0 aromatic carbocycles. The largest absolute Gasteiger partial charge is 0.328 e. The van der Waals surface area contributed by atoms with E-state index in [4.69, 9.17) is 5.73 Å². The highest BCUT2D eigenvalue weighted by Gasteiger charge is 2.30. The van der Waals surface area contributed by atoms with Gasteiger partial charge in [0, 0.05) is 12.1 Å². The zero-order chi connectivity index (χ0) is 12.3. The second-order valence-electron chi connectivity index (χ2n) is 6.87. The summed E-state index contributed by atoms with van der Waals surface area (Å²) in [5.41, 5.74) is 6.53. The van der Waals surface area contributed by atoms with E-state index in [-0.39, 0.29) is 0 Å².